The maximum absolute atomic E-state index is 12.4. The lowest BCUT2D eigenvalue weighted by Crippen LogP contribution is -2.26. The van der Waals surface area contributed by atoms with E-state index in [-0.39, 0.29) is 0 Å². The summed E-state index contributed by atoms with van der Waals surface area (Å²) in [6, 6.07) is 0.315. The van der Waals surface area contributed by atoms with Crippen LogP contribution in [0.1, 0.15) is 11.3 Å². The molecule has 1 rings (SSSR count). The number of hydrogen-bond acceptors (Lipinski definition) is 3. The Hall–Kier alpha value is -1.71. The fourth-order valence-corrected chi connectivity index (χ4v) is 1.12. The van der Waals surface area contributed by atoms with E-state index in [1.165, 1.54) is 4.98 Å². The molecule has 0 aliphatic rings. The first-order valence-corrected chi connectivity index (χ1v) is 4.34. The minimum Gasteiger partial charge on any atom is -0.404 e. The van der Waals surface area contributed by atoms with Crippen molar-refractivity contribution in [2.45, 2.75) is 19.1 Å². The van der Waals surface area contributed by atoms with Crippen molar-refractivity contribution >= 4 is 0 Å². The van der Waals surface area contributed by atoms with Gasteiger partial charge in [0.15, 0.2) is 11.4 Å². The van der Waals surface area contributed by atoms with Gasteiger partial charge in [-0.2, -0.15) is 13.2 Å². The monoisotopic (exact) mass is 276 g/mol. The van der Waals surface area contributed by atoms with Crippen LogP contribution in [0.4, 0.5) is 26.3 Å². The lowest BCUT2D eigenvalue weighted by Gasteiger charge is -2.15. The summed E-state index contributed by atoms with van der Waals surface area (Å²) in [5, 5.41) is 0. The standard InChI is InChI=1S/C8H6F6N2O2/c9-7(10,11)5-4(18-8(12,13)14)1-3(2-15)6(17)16-5/h1H,2,15H2,(H,16,17). The number of aromatic amines is 1. The Morgan fingerprint density at radius 2 is 1.78 bits per heavy atom. The number of pyridine rings is 1. The van der Waals surface area contributed by atoms with Crippen molar-refractivity contribution in [1.29, 1.82) is 0 Å². The molecule has 4 nitrogen and oxygen atoms in total. The van der Waals surface area contributed by atoms with Crippen LogP contribution in [0, 0.1) is 0 Å². The van der Waals surface area contributed by atoms with E-state index >= 15 is 0 Å². The van der Waals surface area contributed by atoms with Gasteiger partial charge in [-0.3, -0.25) is 4.79 Å². The number of aromatic nitrogens is 1. The number of halogens is 6. The smallest absolute Gasteiger partial charge is 0.404 e. The maximum atomic E-state index is 12.4. The minimum atomic E-state index is -5.32. The van der Waals surface area contributed by atoms with Gasteiger partial charge in [0, 0.05) is 12.1 Å². The van der Waals surface area contributed by atoms with E-state index in [1.807, 2.05) is 0 Å². The van der Waals surface area contributed by atoms with E-state index in [0.29, 0.717) is 6.07 Å². The number of H-pyrrole nitrogens is 1. The molecule has 0 spiro atoms. The largest absolute Gasteiger partial charge is 0.573 e. The van der Waals surface area contributed by atoms with Crippen LogP contribution in [0.25, 0.3) is 0 Å². The number of ether oxygens (including phenoxy) is 1. The Morgan fingerprint density at radius 3 is 2.17 bits per heavy atom. The van der Waals surface area contributed by atoms with Crippen molar-refractivity contribution in [3.63, 3.8) is 0 Å². The topological polar surface area (TPSA) is 68.1 Å². The molecule has 0 fully saturated rings. The van der Waals surface area contributed by atoms with Crippen LogP contribution in [0.15, 0.2) is 10.9 Å². The van der Waals surface area contributed by atoms with Gasteiger partial charge in [0.05, 0.1) is 0 Å². The van der Waals surface area contributed by atoms with Crippen LogP contribution in [0.2, 0.25) is 0 Å². The van der Waals surface area contributed by atoms with Gasteiger partial charge in [-0.25, -0.2) is 0 Å². The van der Waals surface area contributed by atoms with Gasteiger partial charge in [0.25, 0.3) is 5.56 Å². The molecule has 0 aromatic carbocycles. The minimum absolute atomic E-state index is 0.315. The third-order valence-corrected chi connectivity index (χ3v) is 1.81. The molecule has 0 radical (unpaired) electrons. The van der Waals surface area contributed by atoms with Crippen molar-refractivity contribution in [2.75, 3.05) is 0 Å². The fraction of sp³-hybridized carbons (Fsp3) is 0.375. The second-order valence-electron chi connectivity index (χ2n) is 3.11. The van der Waals surface area contributed by atoms with E-state index < -0.39 is 41.6 Å². The molecular formula is C8H6F6N2O2. The lowest BCUT2D eigenvalue weighted by molar-refractivity contribution is -0.276. The first-order chi connectivity index (χ1) is 8.04. The van der Waals surface area contributed by atoms with Crippen molar-refractivity contribution in [2.24, 2.45) is 5.73 Å². The summed E-state index contributed by atoms with van der Waals surface area (Å²) < 4.78 is 76.2. The fourth-order valence-electron chi connectivity index (χ4n) is 1.12. The highest BCUT2D eigenvalue weighted by molar-refractivity contribution is 5.33. The molecule has 0 bridgehead atoms. The molecule has 0 aliphatic carbocycles. The first-order valence-electron chi connectivity index (χ1n) is 4.34. The number of nitrogens with one attached hydrogen (secondary N) is 1. The first kappa shape index (κ1) is 14.4. The predicted octanol–water partition coefficient (Wildman–Crippen LogP) is 1.75. The quantitative estimate of drug-likeness (QED) is 0.808. The zero-order valence-electron chi connectivity index (χ0n) is 8.45. The number of alkyl halides is 6. The molecule has 3 N–H and O–H groups in total. The summed E-state index contributed by atoms with van der Waals surface area (Å²) in [6.07, 6.45) is -10.5. The van der Waals surface area contributed by atoms with Crippen LogP contribution in [0.5, 0.6) is 5.75 Å². The molecular weight excluding hydrogens is 270 g/mol. The molecule has 18 heavy (non-hydrogen) atoms. The van der Waals surface area contributed by atoms with Gasteiger partial charge in [-0.15, -0.1) is 13.2 Å². The summed E-state index contributed by atoms with van der Waals surface area (Å²) in [7, 11) is 0. The van der Waals surface area contributed by atoms with Crippen LogP contribution in [-0.4, -0.2) is 11.3 Å². The highest BCUT2D eigenvalue weighted by Crippen LogP contribution is 2.36. The van der Waals surface area contributed by atoms with E-state index in [1.54, 1.807) is 0 Å². The third kappa shape index (κ3) is 3.39. The predicted molar refractivity (Wildman–Crippen MR) is 46.6 cm³/mol. The molecule has 0 saturated heterocycles. The van der Waals surface area contributed by atoms with Gasteiger partial charge in [0.2, 0.25) is 0 Å². The highest BCUT2D eigenvalue weighted by atomic mass is 19.4. The summed E-state index contributed by atoms with van der Waals surface area (Å²) in [5.41, 5.74) is 1.41. The van der Waals surface area contributed by atoms with Crippen molar-refractivity contribution < 1.29 is 31.1 Å². The van der Waals surface area contributed by atoms with E-state index in [4.69, 9.17) is 5.73 Å². The van der Waals surface area contributed by atoms with Gasteiger partial charge in [-0.05, 0) is 6.07 Å². The molecule has 1 aromatic heterocycles. The molecule has 0 unspecified atom stereocenters. The van der Waals surface area contributed by atoms with Crippen LogP contribution >= 0.6 is 0 Å². The van der Waals surface area contributed by atoms with Crippen LogP contribution in [0.3, 0.4) is 0 Å². The third-order valence-electron chi connectivity index (χ3n) is 1.81. The SMILES string of the molecule is NCc1cc(OC(F)(F)F)c(C(F)(F)F)[nH]c1=O. The van der Waals surface area contributed by atoms with Gasteiger partial charge in [-0.1, -0.05) is 0 Å². The molecule has 0 amide bonds. The zero-order valence-corrected chi connectivity index (χ0v) is 8.45. The van der Waals surface area contributed by atoms with Gasteiger partial charge < -0.3 is 15.5 Å². The molecule has 0 atom stereocenters. The van der Waals surface area contributed by atoms with Gasteiger partial charge in [0.1, 0.15) is 0 Å². The highest BCUT2D eigenvalue weighted by Gasteiger charge is 2.40. The van der Waals surface area contributed by atoms with E-state index in [2.05, 4.69) is 4.74 Å². The lowest BCUT2D eigenvalue weighted by atomic mass is 10.2. The van der Waals surface area contributed by atoms with Crippen molar-refractivity contribution in [1.82, 2.24) is 4.98 Å². The normalized spacial score (nSPS) is 12.6. The number of nitrogens with two attached hydrogens (primary N) is 1. The summed E-state index contributed by atoms with van der Waals surface area (Å²) in [4.78, 5) is 12.3. The van der Waals surface area contributed by atoms with Gasteiger partial charge >= 0.3 is 12.5 Å². The molecule has 0 aliphatic heterocycles. The van der Waals surface area contributed by atoms with Crippen LogP contribution < -0.4 is 16.0 Å². The number of rotatable bonds is 2. The Labute approximate surface area is 95.4 Å². The van der Waals surface area contributed by atoms with Crippen LogP contribution in [-0.2, 0) is 12.7 Å². The Balaban J connectivity index is 3.40. The molecule has 0 saturated carbocycles. The average Bonchev–Trinajstić information content (AvgIpc) is 2.16. The summed E-state index contributed by atoms with van der Waals surface area (Å²) in [5.74, 6) is -1.55. The molecule has 1 heterocycles. The average molecular weight is 276 g/mol. The van der Waals surface area contributed by atoms with E-state index in [0.717, 1.165) is 0 Å². The van der Waals surface area contributed by atoms with Crippen molar-refractivity contribution in [3.05, 3.63) is 27.7 Å². The van der Waals surface area contributed by atoms with Crippen molar-refractivity contribution in [3.8, 4) is 5.75 Å². The summed E-state index contributed by atoms with van der Waals surface area (Å²) >= 11 is 0. The second kappa shape index (κ2) is 4.52. The number of hydrogen-bond donors (Lipinski definition) is 2. The Kier molecular flexibility index (Phi) is 3.60. The Bertz CT molecular complexity index is 490. The van der Waals surface area contributed by atoms with E-state index in [9.17, 15) is 31.1 Å². The maximum Gasteiger partial charge on any atom is 0.573 e. The molecule has 102 valence electrons. The Morgan fingerprint density at radius 1 is 1.22 bits per heavy atom. The molecule has 1 aromatic rings. The molecule has 10 heteroatoms. The summed E-state index contributed by atoms with van der Waals surface area (Å²) in [6.45, 7) is -0.526. The second-order valence-corrected chi connectivity index (χ2v) is 3.11. The zero-order chi connectivity index (χ0) is 14.1.